The minimum atomic E-state index is -0.704. The second-order valence-corrected chi connectivity index (χ2v) is 7.11. The number of carboxylic acid groups (broad SMARTS) is 1. The molecule has 0 aliphatic carbocycles. The molecule has 0 aliphatic heterocycles. The molecular formula is C15H29NO4Se. The van der Waals surface area contributed by atoms with Gasteiger partial charge in [0.15, 0.2) is 0 Å². The summed E-state index contributed by atoms with van der Waals surface area (Å²) in [5.41, 5.74) is 5.67. The smallest absolute Gasteiger partial charge is 0.481 e. The van der Waals surface area contributed by atoms with Crippen molar-refractivity contribution in [2.45, 2.75) is 75.0 Å². The Morgan fingerprint density at radius 3 is 2.10 bits per heavy atom. The zero-order valence-corrected chi connectivity index (χ0v) is 14.7. The average molecular weight is 366 g/mol. The Hall–Kier alpha value is -0.581. The van der Waals surface area contributed by atoms with Crippen LogP contribution < -0.4 is 5.73 Å². The van der Waals surface area contributed by atoms with Crippen LogP contribution in [0.3, 0.4) is 0 Å². The normalized spacial score (nSPS) is 12.1. The van der Waals surface area contributed by atoms with Gasteiger partial charge in [-0.2, -0.15) is 0 Å². The van der Waals surface area contributed by atoms with Gasteiger partial charge in [-0.1, -0.05) is 0 Å². The van der Waals surface area contributed by atoms with Crippen LogP contribution in [0.15, 0.2) is 0 Å². The molecule has 0 saturated carbocycles. The van der Waals surface area contributed by atoms with E-state index >= 15 is 0 Å². The van der Waals surface area contributed by atoms with Crippen LogP contribution in [0.4, 0.5) is 0 Å². The van der Waals surface area contributed by atoms with E-state index in [9.17, 15) is 9.59 Å². The molecule has 0 heterocycles. The van der Waals surface area contributed by atoms with E-state index in [4.69, 9.17) is 15.6 Å². The molecule has 5 nitrogen and oxygen atoms in total. The fourth-order valence-electron chi connectivity index (χ4n) is 1.97. The van der Waals surface area contributed by atoms with Crippen LogP contribution in [0.25, 0.3) is 0 Å². The predicted octanol–water partition coefficient (Wildman–Crippen LogP) is 2.62. The molecule has 0 aromatic rings. The van der Waals surface area contributed by atoms with Crippen LogP contribution in [0.2, 0.25) is 11.1 Å². The number of aliphatic carboxylic acids is 1. The van der Waals surface area contributed by atoms with Crippen LogP contribution in [0.5, 0.6) is 0 Å². The molecule has 21 heavy (non-hydrogen) atoms. The van der Waals surface area contributed by atoms with Gasteiger partial charge in [0.2, 0.25) is 0 Å². The molecule has 1 atom stereocenters. The molecule has 124 valence electrons. The van der Waals surface area contributed by atoms with Crippen LogP contribution in [0.1, 0.15) is 57.8 Å². The second kappa shape index (κ2) is 14.4. The summed E-state index contributed by atoms with van der Waals surface area (Å²) in [5.74, 6) is 1.09. The molecule has 0 radical (unpaired) electrons. The molecule has 0 bridgehead atoms. The van der Waals surface area contributed by atoms with E-state index in [-0.39, 0.29) is 12.4 Å². The summed E-state index contributed by atoms with van der Waals surface area (Å²) in [7, 11) is 0. The number of rotatable bonds is 14. The SMILES string of the molecule is C[Se]C[C@H](N)C(=O)OCCCCCCCCCCC(=O)O. The number of hydrogen-bond donors (Lipinski definition) is 2. The third kappa shape index (κ3) is 14.1. The molecular weight excluding hydrogens is 337 g/mol. The minimum absolute atomic E-state index is 0.267. The summed E-state index contributed by atoms with van der Waals surface area (Å²) in [4.78, 5) is 21.8. The predicted molar refractivity (Wildman–Crippen MR) is 84.5 cm³/mol. The van der Waals surface area contributed by atoms with Gasteiger partial charge in [0.1, 0.15) is 0 Å². The number of hydrogen-bond acceptors (Lipinski definition) is 4. The van der Waals surface area contributed by atoms with E-state index in [0.717, 1.165) is 50.3 Å². The summed E-state index contributed by atoms with van der Waals surface area (Å²) >= 11 is 0.406. The van der Waals surface area contributed by atoms with Crippen molar-refractivity contribution in [1.29, 1.82) is 0 Å². The fourth-order valence-corrected chi connectivity index (χ4v) is 3.01. The quantitative estimate of drug-likeness (QED) is 0.280. The van der Waals surface area contributed by atoms with Crippen molar-refractivity contribution >= 4 is 26.9 Å². The van der Waals surface area contributed by atoms with Crippen molar-refractivity contribution in [2.24, 2.45) is 5.73 Å². The number of carbonyl (C=O) groups is 2. The van der Waals surface area contributed by atoms with Crippen LogP contribution >= 0.6 is 0 Å². The Bertz CT molecular complexity index is 287. The molecule has 6 heteroatoms. The Labute approximate surface area is 134 Å². The van der Waals surface area contributed by atoms with Crippen LogP contribution in [-0.2, 0) is 14.3 Å². The number of carboxylic acids is 1. The van der Waals surface area contributed by atoms with Gasteiger partial charge in [0.25, 0.3) is 0 Å². The maximum absolute atomic E-state index is 11.4. The molecule has 0 aliphatic rings. The van der Waals surface area contributed by atoms with E-state index in [1.54, 1.807) is 0 Å². The van der Waals surface area contributed by atoms with Gasteiger partial charge in [-0.05, 0) is 6.42 Å². The standard InChI is InChI=1S/C15H29NO4Se/c1-21-12-13(16)15(19)20-11-9-7-5-3-2-4-6-8-10-14(17)18/h13H,2-12,16H2,1H3,(H,17,18)/t13-/m0/s1. The van der Waals surface area contributed by atoms with Crippen molar-refractivity contribution in [3.63, 3.8) is 0 Å². The summed E-state index contributed by atoms with van der Waals surface area (Å²) < 4.78 is 5.13. The number of unbranched alkanes of at least 4 members (excludes halogenated alkanes) is 7. The first kappa shape index (κ1) is 20.4. The van der Waals surface area contributed by atoms with E-state index < -0.39 is 12.0 Å². The van der Waals surface area contributed by atoms with Gasteiger partial charge >= 0.3 is 111 Å². The molecule has 0 rings (SSSR count). The first-order chi connectivity index (χ1) is 10.1. The number of ether oxygens (including phenoxy) is 1. The van der Waals surface area contributed by atoms with Gasteiger partial charge in [-0.3, -0.25) is 4.79 Å². The van der Waals surface area contributed by atoms with Crippen LogP contribution in [-0.4, -0.2) is 44.7 Å². The van der Waals surface area contributed by atoms with E-state index in [1.807, 2.05) is 0 Å². The van der Waals surface area contributed by atoms with E-state index in [1.165, 1.54) is 6.42 Å². The minimum Gasteiger partial charge on any atom is -0.481 e. The summed E-state index contributed by atoms with van der Waals surface area (Å²) in [6.07, 6.45) is 8.60. The van der Waals surface area contributed by atoms with E-state index in [2.05, 4.69) is 5.82 Å². The summed E-state index contributed by atoms with van der Waals surface area (Å²) in [5, 5.41) is 9.24. The first-order valence-corrected chi connectivity index (χ1v) is 10.6. The fraction of sp³-hybridized carbons (Fsp3) is 0.867. The Kier molecular flexibility index (Phi) is 14.0. The summed E-state index contributed by atoms with van der Waals surface area (Å²) in [6, 6.07) is -0.444. The first-order valence-electron chi connectivity index (χ1n) is 7.71. The zero-order chi connectivity index (χ0) is 15.9. The van der Waals surface area contributed by atoms with E-state index in [0.29, 0.717) is 21.6 Å². The van der Waals surface area contributed by atoms with Crippen molar-refractivity contribution in [2.75, 3.05) is 6.61 Å². The topological polar surface area (TPSA) is 89.6 Å². The van der Waals surface area contributed by atoms with Crippen LogP contribution in [0, 0.1) is 0 Å². The van der Waals surface area contributed by atoms with Crippen molar-refractivity contribution < 1.29 is 19.4 Å². The molecule has 0 amide bonds. The second-order valence-electron chi connectivity index (χ2n) is 5.20. The maximum atomic E-state index is 11.4. The number of nitrogens with two attached hydrogens (primary N) is 1. The molecule has 3 N–H and O–H groups in total. The van der Waals surface area contributed by atoms with Gasteiger partial charge in [0.05, 0.1) is 0 Å². The zero-order valence-electron chi connectivity index (χ0n) is 13.0. The molecule has 0 spiro atoms. The van der Waals surface area contributed by atoms with Gasteiger partial charge in [0, 0.05) is 6.42 Å². The number of carbonyl (C=O) groups excluding carboxylic acids is 1. The Balaban J connectivity index is 3.22. The molecule has 0 aromatic carbocycles. The van der Waals surface area contributed by atoms with Crippen molar-refractivity contribution in [3.05, 3.63) is 0 Å². The van der Waals surface area contributed by atoms with Gasteiger partial charge in [-0.15, -0.1) is 0 Å². The third-order valence-corrected chi connectivity index (χ3v) is 4.63. The Morgan fingerprint density at radius 2 is 1.57 bits per heavy atom. The number of esters is 1. The Morgan fingerprint density at radius 1 is 1.05 bits per heavy atom. The third-order valence-electron chi connectivity index (χ3n) is 3.18. The van der Waals surface area contributed by atoms with Gasteiger partial charge in [-0.25, -0.2) is 0 Å². The average Bonchev–Trinajstić information content (AvgIpc) is 2.44. The summed E-state index contributed by atoms with van der Waals surface area (Å²) in [6.45, 7) is 0.474. The molecule has 0 unspecified atom stereocenters. The van der Waals surface area contributed by atoms with Crippen molar-refractivity contribution in [1.82, 2.24) is 0 Å². The molecule has 0 aromatic heterocycles. The molecule has 0 saturated heterocycles. The van der Waals surface area contributed by atoms with Gasteiger partial charge < -0.3 is 5.11 Å². The van der Waals surface area contributed by atoms with Crippen molar-refractivity contribution in [3.8, 4) is 0 Å². The molecule has 0 fully saturated rings. The monoisotopic (exact) mass is 367 g/mol.